The molecule has 1 aliphatic heterocycles. The van der Waals surface area contributed by atoms with Gasteiger partial charge in [0.25, 0.3) is 0 Å². The third kappa shape index (κ3) is 4.33. The summed E-state index contributed by atoms with van der Waals surface area (Å²) in [6, 6.07) is 3.05. The predicted molar refractivity (Wildman–Crippen MR) is 102 cm³/mol. The molecule has 0 saturated carbocycles. The minimum atomic E-state index is -4.19. The maximum atomic E-state index is 14.4. The lowest BCUT2D eigenvalue weighted by molar-refractivity contribution is -0.129. The van der Waals surface area contributed by atoms with Crippen molar-refractivity contribution in [2.75, 3.05) is 26.2 Å². The van der Waals surface area contributed by atoms with Crippen LogP contribution < -0.4 is 0 Å². The number of amides is 1. The Labute approximate surface area is 173 Å². The number of ether oxygens (including phenoxy) is 1. The van der Waals surface area contributed by atoms with Crippen molar-refractivity contribution in [3.05, 3.63) is 41.7 Å². The maximum Gasteiger partial charge on any atom is 0.338 e. The Bertz CT molecular complexity index is 1060. The zero-order chi connectivity index (χ0) is 22.1. The number of carbonyl (C=O) groups is 2. The van der Waals surface area contributed by atoms with Gasteiger partial charge in [0.1, 0.15) is 17.0 Å². The van der Waals surface area contributed by atoms with Crippen LogP contribution in [0.25, 0.3) is 0 Å². The zero-order valence-corrected chi connectivity index (χ0v) is 17.6. The van der Waals surface area contributed by atoms with Crippen LogP contribution in [-0.2, 0) is 26.6 Å². The first-order valence-electron chi connectivity index (χ1n) is 9.21. The predicted octanol–water partition coefficient (Wildman–Crippen LogP) is 0.725. The summed E-state index contributed by atoms with van der Waals surface area (Å²) in [6.07, 6.45) is 0.712. The molecule has 0 aliphatic carbocycles. The second kappa shape index (κ2) is 8.48. The van der Waals surface area contributed by atoms with E-state index in [1.54, 1.807) is 18.5 Å². The van der Waals surface area contributed by atoms with Gasteiger partial charge in [-0.25, -0.2) is 17.6 Å². The third-order valence-electron chi connectivity index (χ3n) is 4.86. The molecule has 12 heteroatoms. The zero-order valence-electron chi connectivity index (χ0n) is 16.8. The molecule has 1 saturated heterocycles. The van der Waals surface area contributed by atoms with Crippen LogP contribution >= 0.6 is 0 Å². The van der Waals surface area contributed by atoms with Crippen molar-refractivity contribution in [2.45, 2.75) is 24.8 Å². The summed E-state index contributed by atoms with van der Waals surface area (Å²) < 4.78 is 48.2. The first kappa shape index (κ1) is 21.8. The lowest BCUT2D eigenvalue weighted by Crippen LogP contribution is -2.50. The summed E-state index contributed by atoms with van der Waals surface area (Å²) in [4.78, 5) is 24.8. The van der Waals surface area contributed by atoms with E-state index < -0.39 is 32.8 Å². The normalized spacial score (nSPS) is 16.3. The summed E-state index contributed by atoms with van der Waals surface area (Å²) in [5.41, 5.74) is -0.105. The Morgan fingerprint density at radius 2 is 1.87 bits per heavy atom. The molecule has 1 unspecified atom stereocenters. The number of sulfonamides is 1. The van der Waals surface area contributed by atoms with Crippen LogP contribution in [0, 0.1) is 5.82 Å². The van der Waals surface area contributed by atoms with Gasteiger partial charge < -0.3 is 14.2 Å². The number of esters is 1. The molecule has 1 aromatic heterocycles. The Hall–Kier alpha value is -2.86. The fourth-order valence-corrected chi connectivity index (χ4v) is 4.66. The molecular weight excluding hydrogens is 417 g/mol. The SMILES string of the molecule is CC(=O)N1CCN(S(=O)(=O)c2cc(C(=O)OC(C)c3nncn3C)ccc2F)CC1. The second-order valence-electron chi connectivity index (χ2n) is 6.90. The summed E-state index contributed by atoms with van der Waals surface area (Å²) in [7, 11) is -2.50. The number of rotatable bonds is 5. The number of hydrogen-bond acceptors (Lipinski definition) is 7. The highest BCUT2D eigenvalue weighted by molar-refractivity contribution is 7.89. The van der Waals surface area contributed by atoms with Crippen molar-refractivity contribution in [1.29, 1.82) is 0 Å². The Morgan fingerprint density at radius 3 is 2.43 bits per heavy atom. The number of aromatic nitrogens is 3. The average molecular weight is 439 g/mol. The molecule has 1 fully saturated rings. The number of aryl methyl sites for hydroxylation is 1. The van der Waals surface area contributed by atoms with Crippen LogP contribution in [0.4, 0.5) is 4.39 Å². The fourth-order valence-electron chi connectivity index (χ4n) is 3.15. The molecular formula is C18H22FN5O5S. The van der Waals surface area contributed by atoms with Crippen molar-refractivity contribution < 1.29 is 27.1 Å². The van der Waals surface area contributed by atoms with Crippen molar-refractivity contribution in [2.24, 2.45) is 7.05 Å². The van der Waals surface area contributed by atoms with E-state index in [4.69, 9.17) is 4.74 Å². The first-order chi connectivity index (χ1) is 14.1. The van der Waals surface area contributed by atoms with Crippen molar-refractivity contribution in [1.82, 2.24) is 24.0 Å². The number of hydrogen-bond donors (Lipinski definition) is 0. The molecule has 10 nitrogen and oxygen atoms in total. The number of carbonyl (C=O) groups excluding carboxylic acids is 2. The molecule has 1 aliphatic rings. The van der Waals surface area contributed by atoms with Crippen LogP contribution in [-0.4, -0.2) is 70.4 Å². The van der Waals surface area contributed by atoms with Crippen LogP contribution in [0.15, 0.2) is 29.4 Å². The van der Waals surface area contributed by atoms with E-state index in [9.17, 15) is 22.4 Å². The van der Waals surface area contributed by atoms with Gasteiger partial charge in [-0.15, -0.1) is 10.2 Å². The van der Waals surface area contributed by atoms with Gasteiger partial charge in [-0.3, -0.25) is 4.79 Å². The molecule has 3 rings (SSSR count). The highest BCUT2D eigenvalue weighted by atomic mass is 32.2. The molecule has 1 amide bonds. The van der Waals surface area contributed by atoms with Crippen molar-refractivity contribution in [3.63, 3.8) is 0 Å². The highest BCUT2D eigenvalue weighted by Gasteiger charge is 2.32. The Kier molecular flexibility index (Phi) is 6.17. The van der Waals surface area contributed by atoms with E-state index in [0.29, 0.717) is 5.82 Å². The number of nitrogens with zero attached hydrogens (tertiary/aromatic N) is 5. The largest absolute Gasteiger partial charge is 0.451 e. The standard InChI is InChI=1S/C18H22FN5O5S/c1-12(17-21-20-11-22(17)3)29-18(26)14-4-5-15(19)16(10-14)30(27,28)24-8-6-23(7-9-24)13(2)25/h4-5,10-12H,6-9H2,1-3H3. The summed E-state index contributed by atoms with van der Waals surface area (Å²) in [5, 5.41) is 7.57. The van der Waals surface area contributed by atoms with Crippen molar-refractivity contribution in [3.8, 4) is 0 Å². The molecule has 0 spiro atoms. The Balaban J connectivity index is 1.80. The number of piperazine rings is 1. The van der Waals surface area contributed by atoms with Crippen LogP contribution in [0.5, 0.6) is 0 Å². The van der Waals surface area contributed by atoms with Gasteiger partial charge in [-0.1, -0.05) is 0 Å². The van der Waals surface area contributed by atoms with Crippen molar-refractivity contribution >= 4 is 21.9 Å². The fraction of sp³-hybridized carbons (Fsp3) is 0.444. The molecule has 30 heavy (non-hydrogen) atoms. The molecule has 0 bridgehead atoms. The van der Waals surface area contributed by atoms with E-state index in [1.807, 2.05) is 0 Å². The highest BCUT2D eigenvalue weighted by Crippen LogP contribution is 2.24. The molecule has 1 aromatic carbocycles. The average Bonchev–Trinajstić information content (AvgIpc) is 3.14. The number of halogens is 1. The number of benzene rings is 1. The molecule has 2 aromatic rings. The lowest BCUT2D eigenvalue weighted by atomic mass is 10.2. The van der Waals surface area contributed by atoms with E-state index in [-0.39, 0.29) is 37.6 Å². The smallest absolute Gasteiger partial charge is 0.338 e. The van der Waals surface area contributed by atoms with Gasteiger partial charge in [-0.05, 0) is 25.1 Å². The van der Waals surface area contributed by atoms with E-state index in [0.717, 1.165) is 22.5 Å². The van der Waals surface area contributed by atoms with Crippen LogP contribution in [0.2, 0.25) is 0 Å². The van der Waals surface area contributed by atoms with Crippen LogP contribution in [0.3, 0.4) is 0 Å². The minimum Gasteiger partial charge on any atom is -0.451 e. The van der Waals surface area contributed by atoms with Gasteiger partial charge in [0.05, 0.1) is 5.56 Å². The van der Waals surface area contributed by atoms with E-state index in [2.05, 4.69) is 10.2 Å². The first-order valence-corrected chi connectivity index (χ1v) is 10.7. The molecule has 162 valence electrons. The van der Waals surface area contributed by atoms with Gasteiger partial charge >= 0.3 is 5.97 Å². The van der Waals surface area contributed by atoms with E-state index >= 15 is 0 Å². The third-order valence-corrected chi connectivity index (χ3v) is 6.78. The van der Waals surface area contributed by atoms with E-state index in [1.165, 1.54) is 18.2 Å². The van der Waals surface area contributed by atoms with Gasteiger partial charge in [0, 0.05) is 40.2 Å². The summed E-state index contributed by atoms with van der Waals surface area (Å²) in [5.74, 6) is -1.54. The molecule has 0 radical (unpaired) electrons. The Morgan fingerprint density at radius 1 is 1.20 bits per heavy atom. The molecule has 2 heterocycles. The van der Waals surface area contributed by atoms with Gasteiger partial charge in [-0.2, -0.15) is 4.31 Å². The molecule has 0 N–H and O–H groups in total. The molecule has 1 atom stereocenters. The van der Waals surface area contributed by atoms with Gasteiger partial charge in [0.2, 0.25) is 15.9 Å². The quantitative estimate of drug-likeness (QED) is 0.631. The summed E-state index contributed by atoms with van der Waals surface area (Å²) in [6.45, 7) is 3.51. The minimum absolute atomic E-state index is 0.0409. The van der Waals surface area contributed by atoms with Crippen LogP contribution in [0.1, 0.15) is 36.1 Å². The maximum absolute atomic E-state index is 14.4. The second-order valence-corrected chi connectivity index (χ2v) is 8.81. The summed E-state index contributed by atoms with van der Waals surface area (Å²) >= 11 is 0. The topological polar surface area (TPSA) is 115 Å². The lowest BCUT2D eigenvalue weighted by Gasteiger charge is -2.33. The van der Waals surface area contributed by atoms with Gasteiger partial charge in [0.15, 0.2) is 11.9 Å². The monoisotopic (exact) mass is 439 g/mol.